The second-order valence-electron chi connectivity index (χ2n) is 5.53. The molecule has 1 aromatic rings. The molecule has 0 aliphatic carbocycles. The Hall–Kier alpha value is -2.95. The third kappa shape index (κ3) is 4.57. The van der Waals surface area contributed by atoms with E-state index in [1.807, 2.05) is 4.98 Å². The number of hydrogen-bond acceptors (Lipinski definition) is 9. The number of carbonyl (C=O) groups is 3. The van der Waals surface area contributed by atoms with E-state index in [1.54, 1.807) is 0 Å². The zero-order valence-corrected chi connectivity index (χ0v) is 14.3. The van der Waals surface area contributed by atoms with Crippen LogP contribution >= 0.6 is 0 Å². The maximum absolute atomic E-state index is 12.1. The summed E-state index contributed by atoms with van der Waals surface area (Å²) < 4.78 is 21.9. The zero-order chi connectivity index (χ0) is 19.4. The molecule has 0 amide bonds. The largest absolute Gasteiger partial charge is 0.463 e. The van der Waals surface area contributed by atoms with Gasteiger partial charge in [0.1, 0.15) is 12.7 Å². The van der Waals surface area contributed by atoms with Crippen molar-refractivity contribution in [2.75, 3.05) is 6.61 Å². The summed E-state index contributed by atoms with van der Waals surface area (Å²) in [6.07, 6.45) is -3.36. The van der Waals surface area contributed by atoms with E-state index >= 15 is 0 Å². The monoisotopic (exact) mass is 370 g/mol. The van der Waals surface area contributed by atoms with Gasteiger partial charge >= 0.3 is 23.6 Å². The van der Waals surface area contributed by atoms with Gasteiger partial charge in [-0.15, -0.1) is 0 Å². The Bertz CT molecular complexity index is 812. The van der Waals surface area contributed by atoms with Crippen molar-refractivity contribution < 1.29 is 33.3 Å². The molecule has 0 radical (unpaired) electrons. The molecule has 2 rings (SSSR count). The minimum absolute atomic E-state index is 0.292. The first-order valence-electron chi connectivity index (χ1n) is 7.63. The van der Waals surface area contributed by atoms with Crippen LogP contribution in [0, 0.1) is 0 Å². The van der Waals surface area contributed by atoms with Gasteiger partial charge in [-0.05, 0) is 0 Å². The fourth-order valence-electron chi connectivity index (χ4n) is 2.54. The van der Waals surface area contributed by atoms with E-state index < -0.39 is 53.7 Å². The van der Waals surface area contributed by atoms with Crippen LogP contribution in [0.1, 0.15) is 27.0 Å². The van der Waals surface area contributed by atoms with Crippen LogP contribution in [0.3, 0.4) is 0 Å². The van der Waals surface area contributed by atoms with Crippen molar-refractivity contribution >= 4 is 17.9 Å². The second kappa shape index (κ2) is 7.95. The van der Waals surface area contributed by atoms with Gasteiger partial charge < -0.3 is 18.9 Å². The van der Waals surface area contributed by atoms with Gasteiger partial charge in [0.15, 0.2) is 18.4 Å². The normalized spacial score (nSPS) is 24.7. The molecule has 11 heteroatoms. The first-order chi connectivity index (χ1) is 12.2. The smallest absolute Gasteiger partial charge is 0.330 e. The molecule has 1 fully saturated rings. The molecule has 0 bridgehead atoms. The van der Waals surface area contributed by atoms with Gasteiger partial charge in [-0.2, -0.15) is 0 Å². The fourth-order valence-corrected chi connectivity index (χ4v) is 2.54. The Morgan fingerprint density at radius 1 is 1.08 bits per heavy atom. The molecule has 142 valence electrons. The molecule has 0 saturated carbocycles. The van der Waals surface area contributed by atoms with E-state index in [2.05, 4.69) is 0 Å². The van der Waals surface area contributed by atoms with E-state index in [4.69, 9.17) is 18.9 Å². The van der Waals surface area contributed by atoms with Crippen LogP contribution in [0.15, 0.2) is 21.9 Å². The summed E-state index contributed by atoms with van der Waals surface area (Å²) >= 11 is 0. The molecule has 1 aliphatic rings. The van der Waals surface area contributed by atoms with Gasteiger partial charge in [0, 0.05) is 33.0 Å². The third-order valence-corrected chi connectivity index (χ3v) is 3.47. The summed E-state index contributed by atoms with van der Waals surface area (Å²) in [4.78, 5) is 59.3. The molecule has 1 aromatic heterocycles. The van der Waals surface area contributed by atoms with E-state index in [0.29, 0.717) is 0 Å². The number of ether oxygens (including phenoxy) is 4. The Morgan fingerprint density at radius 3 is 2.23 bits per heavy atom. The second-order valence-corrected chi connectivity index (χ2v) is 5.53. The van der Waals surface area contributed by atoms with Crippen molar-refractivity contribution in [3.05, 3.63) is 33.1 Å². The number of aromatic nitrogens is 2. The Kier molecular flexibility index (Phi) is 5.93. The third-order valence-electron chi connectivity index (χ3n) is 3.47. The molecule has 4 atom stereocenters. The molecule has 11 nitrogen and oxygen atoms in total. The van der Waals surface area contributed by atoms with Gasteiger partial charge in [-0.3, -0.25) is 28.7 Å². The number of rotatable bonds is 5. The molecule has 0 aromatic carbocycles. The molecule has 0 unspecified atom stereocenters. The Morgan fingerprint density at radius 2 is 1.69 bits per heavy atom. The van der Waals surface area contributed by atoms with Crippen LogP contribution < -0.4 is 11.2 Å². The number of nitrogens with zero attached hydrogens (tertiary/aromatic N) is 1. The first kappa shape index (κ1) is 19.4. The van der Waals surface area contributed by atoms with Crippen molar-refractivity contribution in [3.8, 4) is 0 Å². The minimum Gasteiger partial charge on any atom is -0.463 e. The lowest BCUT2D eigenvalue weighted by Gasteiger charge is -2.23. The fraction of sp³-hybridized carbons (Fsp3) is 0.533. The lowest BCUT2D eigenvalue weighted by molar-refractivity contribution is -0.166. The molecular weight excluding hydrogens is 352 g/mol. The molecule has 1 saturated heterocycles. The summed E-state index contributed by atoms with van der Waals surface area (Å²) in [5.74, 6) is -1.98. The van der Waals surface area contributed by atoms with E-state index in [9.17, 15) is 24.0 Å². The van der Waals surface area contributed by atoms with Gasteiger partial charge in [0.05, 0.1) is 0 Å². The van der Waals surface area contributed by atoms with E-state index in [1.165, 1.54) is 6.92 Å². The number of esters is 3. The number of hydrogen-bond donors (Lipinski definition) is 1. The molecule has 0 spiro atoms. The highest BCUT2D eigenvalue weighted by molar-refractivity contribution is 5.67. The predicted molar refractivity (Wildman–Crippen MR) is 83.0 cm³/mol. The van der Waals surface area contributed by atoms with Crippen LogP contribution in [0.2, 0.25) is 0 Å². The lowest BCUT2D eigenvalue weighted by Crippen LogP contribution is -2.42. The van der Waals surface area contributed by atoms with Gasteiger partial charge in [-0.25, -0.2) is 4.79 Å². The summed E-state index contributed by atoms with van der Waals surface area (Å²) in [5, 5.41) is 0. The predicted octanol–water partition coefficient (Wildman–Crippen LogP) is -1.14. The van der Waals surface area contributed by atoms with E-state index in [-0.39, 0.29) is 6.61 Å². The highest BCUT2D eigenvalue weighted by Crippen LogP contribution is 2.33. The molecule has 1 N–H and O–H groups in total. The summed E-state index contributed by atoms with van der Waals surface area (Å²) in [6.45, 7) is 3.17. The molecule has 26 heavy (non-hydrogen) atoms. The maximum Gasteiger partial charge on any atom is 0.330 e. The van der Waals surface area contributed by atoms with Gasteiger partial charge in [0.25, 0.3) is 5.56 Å². The first-order valence-corrected chi connectivity index (χ1v) is 7.63. The minimum atomic E-state index is -1.20. The Labute approximate surface area is 146 Å². The van der Waals surface area contributed by atoms with Crippen LogP contribution in [-0.2, 0) is 33.3 Å². The van der Waals surface area contributed by atoms with Crippen molar-refractivity contribution in [2.24, 2.45) is 0 Å². The maximum atomic E-state index is 12.1. The van der Waals surface area contributed by atoms with Crippen LogP contribution in [0.25, 0.3) is 0 Å². The van der Waals surface area contributed by atoms with E-state index in [0.717, 1.165) is 30.7 Å². The van der Waals surface area contributed by atoms with Crippen molar-refractivity contribution in [2.45, 2.75) is 45.3 Å². The van der Waals surface area contributed by atoms with Crippen LogP contribution in [0.5, 0.6) is 0 Å². The molecular formula is C15H18N2O9. The van der Waals surface area contributed by atoms with Crippen LogP contribution in [-0.4, -0.2) is 52.4 Å². The van der Waals surface area contributed by atoms with Gasteiger partial charge in [0.2, 0.25) is 0 Å². The topological polar surface area (TPSA) is 143 Å². The number of aromatic amines is 1. The standard InChI is InChI=1S/C15H18N2O9/c1-7(18)23-6-10-12(24-8(2)19)13(25-9(3)20)14(26-10)17-5-4-11(21)16-15(17)22/h4-5,10,12-14H,6H2,1-3H3,(H,16,21,22)/t10-,12+,13+,14+/m0/s1. The van der Waals surface area contributed by atoms with Crippen molar-refractivity contribution in [1.82, 2.24) is 9.55 Å². The summed E-state index contributed by atoms with van der Waals surface area (Å²) in [7, 11) is 0. The lowest BCUT2D eigenvalue weighted by atomic mass is 10.1. The molecule has 2 heterocycles. The van der Waals surface area contributed by atoms with Crippen LogP contribution in [0.4, 0.5) is 0 Å². The summed E-state index contributed by atoms with van der Waals surface area (Å²) in [5.41, 5.74) is -1.43. The number of H-pyrrole nitrogens is 1. The molecule has 1 aliphatic heterocycles. The Balaban J connectivity index is 2.41. The SMILES string of the molecule is CC(=O)OC[C@@H]1O[C@@H](n2ccc(=O)[nH]c2=O)[C@H](OC(C)=O)[C@@H]1OC(C)=O. The quantitative estimate of drug-likeness (QED) is 0.502. The van der Waals surface area contributed by atoms with Crippen molar-refractivity contribution in [1.29, 1.82) is 0 Å². The summed E-state index contributed by atoms with van der Waals surface area (Å²) in [6, 6.07) is 1.08. The van der Waals surface area contributed by atoms with Crippen molar-refractivity contribution in [3.63, 3.8) is 0 Å². The van der Waals surface area contributed by atoms with Gasteiger partial charge in [-0.1, -0.05) is 0 Å². The average Bonchev–Trinajstić information content (AvgIpc) is 2.82. The number of carbonyl (C=O) groups excluding carboxylic acids is 3. The highest BCUT2D eigenvalue weighted by Gasteiger charge is 2.50. The average molecular weight is 370 g/mol. The highest BCUT2D eigenvalue weighted by atomic mass is 16.7. The number of nitrogens with one attached hydrogen (secondary N) is 1. The zero-order valence-electron chi connectivity index (χ0n) is 14.3.